The largest absolute Gasteiger partial charge is 0.319 e. The van der Waals surface area contributed by atoms with E-state index in [1.807, 2.05) is 13.2 Å². The molecule has 1 unspecified atom stereocenters. The first-order valence-corrected chi connectivity index (χ1v) is 6.95. The van der Waals surface area contributed by atoms with Crippen molar-refractivity contribution < 1.29 is 0 Å². The standard InChI is InChI=1S/C17H20N2/c1-12-5-3-6-13-9-14-7-4-8-19-17(14)15(11-18-2)10-16(12)13/h3-8,15,18H,9-11H2,1-2H3. The highest BCUT2D eigenvalue weighted by Gasteiger charge is 2.23. The molecule has 2 heteroatoms. The summed E-state index contributed by atoms with van der Waals surface area (Å²) in [5.74, 6) is 0.476. The van der Waals surface area contributed by atoms with E-state index in [1.54, 1.807) is 0 Å². The van der Waals surface area contributed by atoms with Crippen molar-refractivity contribution in [1.29, 1.82) is 0 Å². The lowest BCUT2D eigenvalue weighted by atomic mass is 9.93. The predicted octanol–water partition coefficient (Wildman–Crippen LogP) is 2.84. The Hall–Kier alpha value is -1.67. The Morgan fingerprint density at radius 3 is 2.89 bits per heavy atom. The summed E-state index contributed by atoms with van der Waals surface area (Å²) in [6.07, 6.45) is 4.03. The maximum Gasteiger partial charge on any atom is 0.0485 e. The van der Waals surface area contributed by atoms with Crippen LogP contribution in [-0.2, 0) is 12.8 Å². The average Bonchev–Trinajstić information content (AvgIpc) is 2.57. The first kappa shape index (κ1) is 12.4. The van der Waals surface area contributed by atoms with E-state index in [4.69, 9.17) is 0 Å². The fraction of sp³-hybridized carbons (Fsp3) is 0.353. The summed E-state index contributed by atoms with van der Waals surface area (Å²) in [7, 11) is 2.02. The molecule has 19 heavy (non-hydrogen) atoms. The number of fused-ring (bicyclic) bond motifs is 2. The summed E-state index contributed by atoms with van der Waals surface area (Å²) < 4.78 is 0. The van der Waals surface area contributed by atoms with Gasteiger partial charge in [0, 0.05) is 24.4 Å². The highest BCUT2D eigenvalue weighted by atomic mass is 14.8. The molecule has 1 aromatic heterocycles. The maximum absolute atomic E-state index is 4.65. The summed E-state index contributed by atoms with van der Waals surface area (Å²) in [6, 6.07) is 10.9. The molecule has 98 valence electrons. The number of aryl methyl sites for hydroxylation is 1. The SMILES string of the molecule is CNCC1Cc2c(C)cccc2Cc2cccnc21. The first-order valence-electron chi connectivity index (χ1n) is 6.95. The van der Waals surface area contributed by atoms with Gasteiger partial charge in [0.2, 0.25) is 0 Å². The Bertz CT molecular complexity index is 590. The molecule has 2 aromatic rings. The number of pyridine rings is 1. The molecule has 0 saturated heterocycles. The van der Waals surface area contributed by atoms with Crippen LogP contribution < -0.4 is 5.32 Å². The number of rotatable bonds is 2. The molecule has 1 N–H and O–H groups in total. The smallest absolute Gasteiger partial charge is 0.0485 e. The van der Waals surface area contributed by atoms with E-state index in [0.29, 0.717) is 5.92 Å². The lowest BCUT2D eigenvalue weighted by molar-refractivity contribution is 0.610. The summed E-state index contributed by atoms with van der Waals surface area (Å²) in [4.78, 5) is 4.65. The number of hydrogen-bond acceptors (Lipinski definition) is 2. The molecule has 0 fully saturated rings. The van der Waals surface area contributed by atoms with Crippen LogP contribution in [0.5, 0.6) is 0 Å². The van der Waals surface area contributed by atoms with Crippen LogP contribution in [0.1, 0.15) is 33.9 Å². The Morgan fingerprint density at radius 2 is 2.05 bits per heavy atom. The van der Waals surface area contributed by atoms with Gasteiger partial charge in [0.1, 0.15) is 0 Å². The van der Waals surface area contributed by atoms with Crippen molar-refractivity contribution >= 4 is 0 Å². The number of nitrogens with one attached hydrogen (secondary N) is 1. The minimum atomic E-state index is 0.476. The van der Waals surface area contributed by atoms with Gasteiger partial charge in [-0.15, -0.1) is 0 Å². The minimum Gasteiger partial charge on any atom is -0.319 e. The number of aromatic nitrogens is 1. The van der Waals surface area contributed by atoms with Crippen molar-refractivity contribution in [2.45, 2.75) is 25.7 Å². The van der Waals surface area contributed by atoms with Crippen LogP contribution >= 0.6 is 0 Å². The average molecular weight is 252 g/mol. The second-order valence-electron chi connectivity index (χ2n) is 5.40. The Balaban J connectivity index is 2.12. The van der Waals surface area contributed by atoms with E-state index in [1.165, 1.54) is 27.9 Å². The number of hydrogen-bond donors (Lipinski definition) is 1. The Morgan fingerprint density at radius 1 is 1.21 bits per heavy atom. The molecular weight excluding hydrogens is 232 g/mol. The molecular formula is C17H20N2. The second-order valence-corrected chi connectivity index (χ2v) is 5.40. The number of benzene rings is 1. The van der Waals surface area contributed by atoms with Gasteiger partial charge in [0.25, 0.3) is 0 Å². The predicted molar refractivity (Wildman–Crippen MR) is 78.6 cm³/mol. The third-order valence-corrected chi connectivity index (χ3v) is 4.10. The van der Waals surface area contributed by atoms with E-state index in [0.717, 1.165) is 19.4 Å². The molecule has 1 atom stereocenters. The molecule has 3 rings (SSSR count). The fourth-order valence-electron chi connectivity index (χ4n) is 3.15. The zero-order valence-electron chi connectivity index (χ0n) is 11.6. The van der Waals surface area contributed by atoms with Crippen molar-refractivity contribution in [1.82, 2.24) is 10.3 Å². The molecule has 1 aromatic carbocycles. The van der Waals surface area contributed by atoms with Gasteiger partial charge < -0.3 is 5.32 Å². The highest BCUT2D eigenvalue weighted by molar-refractivity contribution is 5.43. The molecule has 0 aliphatic heterocycles. The quantitative estimate of drug-likeness (QED) is 0.889. The molecule has 2 nitrogen and oxygen atoms in total. The topological polar surface area (TPSA) is 24.9 Å². The van der Waals surface area contributed by atoms with Gasteiger partial charge in [-0.05, 0) is 55.1 Å². The van der Waals surface area contributed by atoms with Crippen LogP contribution in [0, 0.1) is 6.92 Å². The second kappa shape index (κ2) is 5.14. The van der Waals surface area contributed by atoms with Crippen LogP contribution in [0.15, 0.2) is 36.5 Å². The van der Waals surface area contributed by atoms with Crippen molar-refractivity contribution in [2.75, 3.05) is 13.6 Å². The van der Waals surface area contributed by atoms with Crippen molar-refractivity contribution in [2.24, 2.45) is 0 Å². The number of likely N-dealkylation sites (N-methyl/N-ethyl adjacent to an activating group) is 1. The van der Waals surface area contributed by atoms with Gasteiger partial charge in [-0.25, -0.2) is 0 Å². The minimum absolute atomic E-state index is 0.476. The van der Waals surface area contributed by atoms with E-state index in [-0.39, 0.29) is 0 Å². The van der Waals surface area contributed by atoms with Crippen molar-refractivity contribution in [3.63, 3.8) is 0 Å². The van der Waals surface area contributed by atoms with Crippen molar-refractivity contribution in [3.8, 4) is 0 Å². The van der Waals surface area contributed by atoms with Crippen LogP contribution in [0.2, 0.25) is 0 Å². The van der Waals surface area contributed by atoms with Crippen LogP contribution in [0.4, 0.5) is 0 Å². The first-order chi connectivity index (χ1) is 9.29. The third kappa shape index (κ3) is 2.28. The lowest BCUT2D eigenvalue weighted by Crippen LogP contribution is -2.20. The van der Waals surface area contributed by atoms with Gasteiger partial charge >= 0.3 is 0 Å². The summed E-state index contributed by atoms with van der Waals surface area (Å²) in [5, 5.41) is 3.32. The van der Waals surface area contributed by atoms with E-state index in [2.05, 4.69) is 47.6 Å². The van der Waals surface area contributed by atoms with Crippen LogP contribution in [-0.4, -0.2) is 18.6 Å². The molecule has 0 radical (unpaired) electrons. The molecule has 0 bridgehead atoms. The normalized spacial score (nSPS) is 17.5. The van der Waals surface area contributed by atoms with E-state index in [9.17, 15) is 0 Å². The van der Waals surface area contributed by atoms with Gasteiger partial charge in [-0.2, -0.15) is 0 Å². The molecule has 1 aliphatic rings. The van der Waals surface area contributed by atoms with E-state index >= 15 is 0 Å². The molecule has 0 spiro atoms. The fourth-order valence-corrected chi connectivity index (χ4v) is 3.15. The van der Waals surface area contributed by atoms with Gasteiger partial charge in [0.05, 0.1) is 0 Å². The zero-order valence-corrected chi connectivity index (χ0v) is 11.6. The van der Waals surface area contributed by atoms with Crippen LogP contribution in [0.25, 0.3) is 0 Å². The van der Waals surface area contributed by atoms with Crippen LogP contribution in [0.3, 0.4) is 0 Å². The molecule has 0 amide bonds. The number of nitrogens with zero attached hydrogens (tertiary/aromatic N) is 1. The van der Waals surface area contributed by atoms with Gasteiger partial charge in [-0.1, -0.05) is 24.3 Å². The third-order valence-electron chi connectivity index (χ3n) is 4.10. The molecule has 1 heterocycles. The van der Waals surface area contributed by atoms with Gasteiger partial charge in [-0.3, -0.25) is 4.98 Å². The Labute approximate surface area is 114 Å². The highest BCUT2D eigenvalue weighted by Crippen LogP contribution is 2.31. The summed E-state index contributed by atoms with van der Waals surface area (Å²) in [6.45, 7) is 3.20. The summed E-state index contributed by atoms with van der Waals surface area (Å²) in [5.41, 5.74) is 7.04. The van der Waals surface area contributed by atoms with Crippen molar-refractivity contribution in [3.05, 3.63) is 64.5 Å². The lowest BCUT2D eigenvalue weighted by Gasteiger charge is -2.17. The maximum atomic E-state index is 4.65. The monoisotopic (exact) mass is 252 g/mol. The molecule has 1 aliphatic carbocycles. The zero-order chi connectivity index (χ0) is 13.2. The summed E-state index contributed by atoms with van der Waals surface area (Å²) >= 11 is 0. The van der Waals surface area contributed by atoms with E-state index < -0.39 is 0 Å². The Kier molecular flexibility index (Phi) is 3.34. The van der Waals surface area contributed by atoms with Gasteiger partial charge in [0.15, 0.2) is 0 Å². The molecule has 0 saturated carbocycles.